The van der Waals surface area contributed by atoms with Crippen LogP contribution < -0.4 is 10.6 Å². The average molecular weight is 415 g/mol. The fourth-order valence-corrected chi connectivity index (χ4v) is 2.99. The van der Waals surface area contributed by atoms with Gasteiger partial charge in [0.25, 0.3) is 0 Å². The highest BCUT2D eigenvalue weighted by molar-refractivity contribution is 9.10. The van der Waals surface area contributed by atoms with E-state index < -0.39 is 0 Å². The van der Waals surface area contributed by atoms with Crippen LogP contribution in [-0.4, -0.2) is 14.9 Å². The lowest BCUT2D eigenvalue weighted by Gasteiger charge is -2.12. The van der Waals surface area contributed by atoms with Crippen LogP contribution in [0.15, 0.2) is 65.3 Å². The molecular weight excluding hydrogens is 396 g/mol. The predicted octanol–water partition coefficient (Wildman–Crippen LogP) is 5.07. The van der Waals surface area contributed by atoms with Gasteiger partial charge in [0.05, 0.1) is 6.54 Å². The molecule has 0 bridgehead atoms. The quantitative estimate of drug-likeness (QED) is 0.572. The maximum atomic E-state index is 5.40. The molecule has 0 aliphatic heterocycles. The molecule has 3 aromatic rings. The van der Waals surface area contributed by atoms with Crippen molar-refractivity contribution in [2.45, 2.75) is 19.9 Å². The summed E-state index contributed by atoms with van der Waals surface area (Å²) in [6.07, 6.45) is 2.89. The first-order valence-corrected chi connectivity index (χ1v) is 9.28. The number of anilines is 2. The zero-order valence-electron chi connectivity index (χ0n) is 13.9. The lowest BCUT2D eigenvalue weighted by molar-refractivity contribution is 0.690. The molecule has 0 radical (unpaired) electrons. The molecule has 0 aliphatic rings. The zero-order chi connectivity index (χ0) is 17.6. The first-order chi connectivity index (χ1) is 12.1. The summed E-state index contributed by atoms with van der Waals surface area (Å²) in [5, 5.41) is 11.4. The molecule has 4 nitrogen and oxygen atoms in total. The molecule has 1 aromatic heterocycles. The highest BCUT2D eigenvalue weighted by atomic mass is 79.9. The van der Waals surface area contributed by atoms with Crippen molar-refractivity contribution in [3.63, 3.8) is 0 Å². The Morgan fingerprint density at radius 3 is 2.60 bits per heavy atom. The standard InChI is InChI=1S/C19H19BrN4S/c1-2-15-5-3-4-6-17(15)21-19(25)22-18-11-12-24(23-18)13-14-7-9-16(20)10-8-14/h3-12H,2,13H2,1H3,(H2,21,22,23,25). The number of aryl methyl sites for hydroxylation is 1. The second kappa shape index (κ2) is 8.27. The summed E-state index contributed by atoms with van der Waals surface area (Å²) in [6.45, 7) is 2.84. The van der Waals surface area contributed by atoms with Crippen LogP contribution in [0.25, 0.3) is 0 Å². The lowest BCUT2D eigenvalue weighted by atomic mass is 10.1. The van der Waals surface area contributed by atoms with Crippen molar-refractivity contribution in [3.05, 3.63) is 76.4 Å². The van der Waals surface area contributed by atoms with Gasteiger partial charge in [0.2, 0.25) is 0 Å². The molecule has 25 heavy (non-hydrogen) atoms. The van der Waals surface area contributed by atoms with Crippen LogP contribution in [0.4, 0.5) is 11.5 Å². The third-order valence-electron chi connectivity index (χ3n) is 3.79. The number of para-hydroxylation sites is 1. The van der Waals surface area contributed by atoms with Crippen molar-refractivity contribution in [1.29, 1.82) is 0 Å². The summed E-state index contributed by atoms with van der Waals surface area (Å²) in [6, 6.07) is 18.3. The lowest BCUT2D eigenvalue weighted by Crippen LogP contribution is -2.20. The van der Waals surface area contributed by atoms with Crippen LogP contribution in [0.5, 0.6) is 0 Å². The van der Waals surface area contributed by atoms with Gasteiger partial charge in [-0.15, -0.1) is 0 Å². The van der Waals surface area contributed by atoms with Crippen LogP contribution in [0.1, 0.15) is 18.1 Å². The Kier molecular flexibility index (Phi) is 5.83. The maximum absolute atomic E-state index is 5.40. The largest absolute Gasteiger partial charge is 0.332 e. The molecule has 0 saturated carbocycles. The minimum atomic E-state index is 0.537. The van der Waals surface area contributed by atoms with E-state index in [0.717, 1.165) is 22.4 Å². The first-order valence-electron chi connectivity index (χ1n) is 8.08. The van der Waals surface area contributed by atoms with Gasteiger partial charge in [-0.3, -0.25) is 4.68 Å². The monoisotopic (exact) mass is 414 g/mol. The molecule has 0 atom stereocenters. The van der Waals surface area contributed by atoms with Crippen LogP contribution in [-0.2, 0) is 13.0 Å². The van der Waals surface area contributed by atoms with Gasteiger partial charge >= 0.3 is 0 Å². The SMILES string of the molecule is CCc1ccccc1NC(=S)Nc1ccn(Cc2ccc(Br)cc2)n1. The Bertz CT molecular complexity index is 858. The summed E-state index contributed by atoms with van der Waals surface area (Å²) < 4.78 is 2.96. The maximum Gasteiger partial charge on any atom is 0.176 e. The fourth-order valence-electron chi connectivity index (χ4n) is 2.51. The van der Waals surface area contributed by atoms with E-state index in [-0.39, 0.29) is 0 Å². The van der Waals surface area contributed by atoms with Crippen LogP contribution >= 0.6 is 28.1 Å². The normalized spacial score (nSPS) is 10.5. The van der Waals surface area contributed by atoms with E-state index in [1.807, 2.05) is 47.3 Å². The molecule has 1 heterocycles. The zero-order valence-corrected chi connectivity index (χ0v) is 16.3. The summed E-state index contributed by atoms with van der Waals surface area (Å²) in [5.74, 6) is 0.726. The highest BCUT2D eigenvalue weighted by Crippen LogP contribution is 2.16. The minimum Gasteiger partial charge on any atom is -0.332 e. The van der Waals surface area contributed by atoms with Crippen LogP contribution in [0, 0.1) is 0 Å². The van der Waals surface area contributed by atoms with Gasteiger partial charge in [0.1, 0.15) is 0 Å². The van der Waals surface area contributed by atoms with Crippen molar-refractivity contribution < 1.29 is 0 Å². The van der Waals surface area contributed by atoms with Gasteiger partial charge in [0.15, 0.2) is 10.9 Å². The molecule has 0 fully saturated rings. The van der Waals surface area contributed by atoms with Crippen molar-refractivity contribution >= 4 is 44.8 Å². The van der Waals surface area contributed by atoms with Gasteiger partial charge in [-0.25, -0.2) is 0 Å². The molecule has 128 valence electrons. The van der Waals surface area contributed by atoms with Gasteiger partial charge in [-0.1, -0.05) is 53.2 Å². The molecule has 6 heteroatoms. The summed E-state index contributed by atoms with van der Waals surface area (Å²) in [7, 11) is 0. The third-order valence-corrected chi connectivity index (χ3v) is 4.52. The Morgan fingerprint density at radius 2 is 1.84 bits per heavy atom. The number of thiocarbonyl (C=S) groups is 1. The second-order valence-corrected chi connectivity index (χ2v) is 6.94. The summed E-state index contributed by atoms with van der Waals surface area (Å²) >= 11 is 8.85. The Morgan fingerprint density at radius 1 is 1.08 bits per heavy atom. The molecule has 0 aliphatic carbocycles. The first kappa shape index (κ1) is 17.6. The van der Waals surface area contributed by atoms with E-state index in [9.17, 15) is 0 Å². The number of hydrogen-bond donors (Lipinski definition) is 2. The van der Waals surface area contributed by atoms with Crippen molar-refractivity contribution in [2.24, 2.45) is 0 Å². The highest BCUT2D eigenvalue weighted by Gasteiger charge is 2.05. The molecule has 0 unspecified atom stereocenters. The number of halogens is 1. The Labute approximate surface area is 161 Å². The van der Waals surface area contributed by atoms with Gasteiger partial charge in [-0.05, 0) is 48.0 Å². The molecule has 3 rings (SSSR count). The van der Waals surface area contributed by atoms with Gasteiger partial charge < -0.3 is 10.6 Å². The average Bonchev–Trinajstić information content (AvgIpc) is 3.04. The van der Waals surface area contributed by atoms with E-state index in [1.54, 1.807) is 0 Å². The van der Waals surface area contributed by atoms with E-state index in [2.05, 4.69) is 56.8 Å². The Balaban J connectivity index is 1.61. The molecule has 0 saturated heterocycles. The minimum absolute atomic E-state index is 0.537. The van der Waals surface area contributed by atoms with Gasteiger partial charge in [0, 0.05) is 22.4 Å². The number of benzene rings is 2. The molecule has 2 N–H and O–H groups in total. The van der Waals surface area contributed by atoms with Crippen LogP contribution in [0.2, 0.25) is 0 Å². The molecule has 0 spiro atoms. The fraction of sp³-hybridized carbons (Fsp3) is 0.158. The molecule has 2 aromatic carbocycles. The molecule has 0 amide bonds. The van der Waals surface area contributed by atoms with Crippen molar-refractivity contribution in [1.82, 2.24) is 9.78 Å². The van der Waals surface area contributed by atoms with Crippen molar-refractivity contribution in [3.8, 4) is 0 Å². The van der Waals surface area contributed by atoms with Crippen LogP contribution in [0.3, 0.4) is 0 Å². The Hall–Kier alpha value is -2.18. The number of nitrogens with zero attached hydrogens (tertiary/aromatic N) is 2. The van der Waals surface area contributed by atoms with Crippen molar-refractivity contribution in [2.75, 3.05) is 10.6 Å². The number of hydrogen-bond acceptors (Lipinski definition) is 2. The topological polar surface area (TPSA) is 41.9 Å². The van der Waals surface area contributed by atoms with E-state index in [1.165, 1.54) is 11.1 Å². The smallest absolute Gasteiger partial charge is 0.176 e. The number of aromatic nitrogens is 2. The van der Waals surface area contributed by atoms with E-state index in [0.29, 0.717) is 11.7 Å². The predicted molar refractivity (Wildman–Crippen MR) is 111 cm³/mol. The summed E-state index contributed by atoms with van der Waals surface area (Å²) in [4.78, 5) is 0. The third kappa shape index (κ3) is 4.90. The number of rotatable bonds is 5. The molecular formula is C19H19BrN4S. The second-order valence-electron chi connectivity index (χ2n) is 5.61. The van der Waals surface area contributed by atoms with E-state index in [4.69, 9.17) is 12.2 Å². The van der Waals surface area contributed by atoms with Gasteiger partial charge in [-0.2, -0.15) is 5.10 Å². The number of nitrogens with one attached hydrogen (secondary N) is 2. The van der Waals surface area contributed by atoms with E-state index >= 15 is 0 Å². The summed E-state index contributed by atoms with van der Waals surface area (Å²) in [5.41, 5.74) is 3.44.